The van der Waals surface area contributed by atoms with E-state index in [1.54, 1.807) is 23.1 Å². The van der Waals surface area contributed by atoms with Gasteiger partial charge in [-0.15, -0.1) is 11.3 Å². The second-order valence-electron chi connectivity index (χ2n) is 5.59. The van der Waals surface area contributed by atoms with Gasteiger partial charge in [0.25, 0.3) is 5.22 Å². The summed E-state index contributed by atoms with van der Waals surface area (Å²) in [5.74, 6) is 2.23. The van der Waals surface area contributed by atoms with E-state index in [0.29, 0.717) is 0 Å². The van der Waals surface area contributed by atoms with Crippen LogP contribution in [0, 0.1) is 0 Å². The van der Waals surface area contributed by atoms with Crippen LogP contribution < -0.4 is 0 Å². The maximum Gasteiger partial charge on any atom is 0.256 e. The van der Waals surface area contributed by atoms with Crippen LogP contribution in [-0.2, 0) is 0 Å². The highest BCUT2D eigenvalue weighted by atomic mass is 32.2. The molecule has 0 N–H and O–H groups in total. The molecular formula is C20H22N2OS3. The first-order valence-corrected chi connectivity index (χ1v) is 11.6. The number of hydrogen-bond donors (Lipinski definition) is 0. The minimum Gasteiger partial charge on any atom is -0.431 e. The monoisotopic (exact) mass is 402 g/mol. The van der Waals surface area contributed by atoms with Gasteiger partial charge in [0.1, 0.15) is 5.52 Å². The highest BCUT2D eigenvalue weighted by molar-refractivity contribution is 8.01. The summed E-state index contributed by atoms with van der Waals surface area (Å²) in [6.45, 7) is 4.34. The second-order valence-corrected chi connectivity index (χ2v) is 9.01. The predicted molar refractivity (Wildman–Crippen MR) is 116 cm³/mol. The van der Waals surface area contributed by atoms with Crippen molar-refractivity contribution in [1.29, 1.82) is 0 Å². The van der Waals surface area contributed by atoms with Crippen molar-refractivity contribution in [3.63, 3.8) is 0 Å². The summed E-state index contributed by atoms with van der Waals surface area (Å²) in [6, 6.07) is 16.1. The number of aromatic nitrogens is 2. The zero-order valence-electron chi connectivity index (χ0n) is 15.0. The largest absolute Gasteiger partial charge is 0.431 e. The van der Waals surface area contributed by atoms with Crippen LogP contribution in [0.15, 0.2) is 62.5 Å². The molecule has 4 aromatic rings. The van der Waals surface area contributed by atoms with Gasteiger partial charge in [-0.05, 0) is 37.1 Å². The van der Waals surface area contributed by atoms with Crippen molar-refractivity contribution in [3.05, 3.63) is 48.5 Å². The molecule has 0 aliphatic heterocycles. The molecule has 0 saturated heterocycles. The number of fused-ring (bicyclic) bond motifs is 2. The average molecular weight is 403 g/mol. The van der Waals surface area contributed by atoms with Crippen molar-refractivity contribution < 1.29 is 4.42 Å². The lowest BCUT2D eigenvalue weighted by Gasteiger charge is -1.89. The molecule has 0 amide bonds. The number of hydrogen-bond acceptors (Lipinski definition) is 6. The third kappa shape index (κ3) is 5.25. The van der Waals surface area contributed by atoms with E-state index in [0.717, 1.165) is 34.0 Å². The van der Waals surface area contributed by atoms with Crippen LogP contribution in [0.4, 0.5) is 0 Å². The molecule has 0 saturated carbocycles. The summed E-state index contributed by atoms with van der Waals surface area (Å²) < 4.78 is 8.01. The summed E-state index contributed by atoms with van der Waals surface area (Å²) in [7, 11) is 0. The lowest BCUT2D eigenvalue weighted by Crippen LogP contribution is -1.73. The normalized spacial score (nSPS) is 10.8. The lowest BCUT2D eigenvalue weighted by atomic mass is 10.3. The van der Waals surface area contributed by atoms with Gasteiger partial charge in [0.2, 0.25) is 0 Å². The molecule has 136 valence electrons. The van der Waals surface area contributed by atoms with Crippen molar-refractivity contribution in [3.8, 4) is 0 Å². The van der Waals surface area contributed by atoms with E-state index in [-0.39, 0.29) is 0 Å². The van der Waals surface area contributed by atoms with E-state index in [2.05, 4.69) is 42.0 Å². The van der Waals surface area contributed by atoms with Crippen molar-refractivity contribution in [2.45, 2.75) is 36.3 Å². The Labute approximate surface area is 166 Å². The maximum absolute atomic E-state index is 5.52. The molecule has 3 nitrogen and oxygen atoms in total. The zero-order chi connectivity index (χ0) is 18.2. The number of thioether (sulfide) groups is 2. The van der Waals surface area contributed by atoms with Gasteiger partial charge in [0.05, 0.1) is 10.2 Å². The van der Waals surface area contributed by atoms with Gasteiger partial charge in [-0.3, -0.25) is 0 Å². The van der Waals surface area contributed by atoms with Crippen molar-refractivity contribution in [2.75, 3.05) is 11.5 Å². The van der Waals surface area contributed by atoms with Gasteiger partial charge in [-0.25, -0.2) is 9.97 Å². The van der Waals surface area contributed by atoms with Crippen LogP contribution in [0.5, 0.6) is 0 Å². The topological polar surface area (TPSA) is 38.9 Å². The Kier molecular flexibility index (Phi) is 7.41. The van der Waals surface area contributed by atoms with Crippen LogP contribution in [0.2, 0.25) is 0 Å². The van der Waals surface area contributed by atoms with E-state index < -0.39 is 0 Å². The highest BCUT2D eigenvalue weighted by Crippen LogP contribution is 2.29. The fourth-order valence-corrected chi connectivity index (χ4v) is 4.89. The Morgan fingerprint density at radius 3 is 2.27 bits per heavy atom. The molecule has 0 bridgehead atoms. The number of benzene rings is 2. The van der Waals surface area contributed by atoms with E-state index >= 15 is 0 Å². The molecular weight excluding hydrogens is 380 g/mol. The summed E-state index contributed by atoms with van der Waals surface area (Å²) in [5, 5.41) is 0.781. The summed E-state index contributed by atoms with van der Waals surface area (Å²) in [4.78, 5) is 8.88. The Bertz CT molecular complexity index is 804. The van der Waals surface area contributed by atoms with E-state index in [9.17, 15) is 0 Å². The molecule has 4 rings (SSSR count). The Morgan fingerprint density at radius 1 is 0.846 bits per heavy atom. The van der Waals surface area contributed by atoms with Crippen LogP contribution in [0.1, 0.15) is 26.7 Å². The lowest BCUT2D eigenvalue weighted by molar-refractivity contribution is 0.489. The quantitative estimate of drug-likeness (QED) is 0.321. The van der Waals surface area contributed by atoms with Crippen molar-refractivity contribution in [2.24, 2.45) is 0 Å². The number of oxazole rings is 1. The third-order valence-corrected chi connectivity index (χ3v) is 6.83. The molecule has 2 heterocycles. The van der Waals surface area contributed by atoms with Crippen LogP contribution in [-0.4, -0.2) is 21.5 Å². The second kappa shape index (κ2) is 10.00. The molecule has 0 fully saturated rings. The Morgan fingerprint density at radius 2 is 1.54 bits per heavy atom. The van der Waals surface area contributed by atoms with Crippen LogP contribution in [0.3, 0.4) is 0 Å². The average Bonchev–Trinajstić information content (AvgIpc) is 3.28. The zero-order valence-corrected chi connectivity index (χ0v) is 17.4. The molecule has 0 atom stereocenters. The van der Waals surface area contributed by atoms with Gasteiger partial charge in [0.15, 0.2) is 9.92 Å². The highest BCUT2D eigenvalue weighted by Gasteiger charge is 2.04. The van der Waals surface area contributed by atoms with Crippen molar-refractivity contribution in [1.82, 2.24) is 9.97 Å². The van der Waals surface area contributed by atoms with E-state index in [4.69, 9.17) is 4.42 Å². The molecule has 26 heavy (non-hydrogen) atoms. The van der Waals surface area contributed by atoms with Gasteiger partial charge in [-0.1, -0.05) is 61.6 Å². The molecule has 2 aromatic heterocycles. The fraction of sp³-hybridized carbons (Fsp3) is 0.300. The Balaban J connectivity index is 0.000000151. The van der Waals surface area contributed by atoms with Gasteiger partial charge < -0.3 is 4.42 Å². The summed E-state index contributed by atoms with van der Waals surface area (Å²) in [5.41, 5.74) is 2.95. The maximum atomic E-state index is 5.52. The fourth-order valence-electron chi connectivity index (χ4n) is 2.20. The first-order chi connectivity index (χ1) is 12.8. The van der Waals surface area contributed by atoms with Gasteiger partial charge >= 0.3 is 0 Å². The molecule has 0 aliphatic rings. The molecule has 0 unspecified atom stereocenters. The minimum absolute atomic E-state index is 0.781. The first kappa shape index (κ1) is 19.3. The third-order valence-electron chi connectivity index (χ3n) is 3.41. The Hall–Kier alpha value is -1.50. The summed E-state index contributed by atoms with van der Waals surface area (Å²) in [6.07, 6.45) is 2.35. The van der Waals surface area contributed by atoms with Crippen LogP contribution in [0.25, 0.3) is 21.3 Å². The molecule has 0 radical (unpaired) electrons. The standard InChI is InChI=1S/C10H11NOS.C10H11NS2/c1-2-7-13-10-11-8-5-3-4-6-9(8)12-10;1-2-7-12-10-11-8-5-3-4-6-9(8)13-10/h2*3-6H,2,7H2,1H3. The number of thiazole rings is 1. The molecule has 6 heteroatoms. The molecule has 0 spiro atoms. The number of para-hydroxylation sites is 3. The smallest absolute Gasteiger partial charge is 0.256 e. The van der Waals surface area contributed by atoms with Gasteiger partial charge in [-0.2, -0.15) is 0 Å². The first-order valence-electron chi connectivity index (χ1n) is 8.77. The van der Waals surface area contributed by atoms with Gasteiger partial charge in [0, 0.05) is 11.5 Å². The van der Waals surface area contributed by atoms with Crippen LogP contribution >= 0.6 is 34.9 Å². The summed E-state index contributed by atoms with van der Waals surface area (Å²) >= 11 is 5.31. The van der Waals surface area contributed by atoms with E-state index in [1.807, 2.05) is 42.1 Å². The van der Waals surface area contributed by atoms with E-state index in [1.165, 1.54) is 21.2 Å². The molecule has 0 aliphatic carbocycles. The SMILES string of the molecule is CCCSc1nc2ccccc2o1.CCCSc1nc2ccccc2s1. The number of rotatable bonds is 6. The molecule has 2 aromatic carbocycles. The van der Waals surface area contributed by atoms with Crippen molar-refractivity contribution >= 4 is 56.2 Å². The minimum atomic E-state index is 0.781. The number of nitrogens with zero attached hydrogens (tertiary/aromatic N) is 2. The predicted octanol–water partition coefficient (Wildman–Crippen LogP) is 7.13.